The van der Waals surface area contributed by atoms with Gasteiger partial charge in [0.2, 0.25) is 5.91 Å². The number of thiazole rings is 1. The highest BCUT2D eigenvalue weighted by Crippen LogP contribution is 2.31. The monoisotopic (exact) mass is 459 g/mol. The van der Waals surface area contributed by atoms with Crippen LogP contribution in [0.4, 0.5) is 0 Å². The summed E-state index contributed by atoms with van der Waals surface area (Å²) >= 11 is 1.54. The van der Waals surface area contributed by atoms with Gasteiger partial charge in [-0.1, -0.05) is 42.5 Å². The Morgan fingerprint density at radius 2 is 1.55 bits per heavy atom. The molecule has 0 N–H and O–H groups in total. The van der Waals surface area contributed by atoms with Gasteiger partial charge in [0.05, 0.1) is 15.6 Å². The first-order chi connectivity index (χ1) is 15.9. The van der Waals surface area contributed by atoms with Crippen LogP contribution >= 0.6 is 11.3 Å². The number of fused-ring (bicyclic) bond motifs is 1. The summed E-state index contributed by atoms with van der Waals surface area (Å²) in [6, 6.07) is 21.2. The number of rotatable bonds is 4. The molecule has 4 aromatic rings. The number of carbonyl (C=O) groups excluding carboxylic acids is 2. The lowest BCUT2D eigenvalue weighted by Crippen LogP contribution is -2.54. The van der Waals surface area contributed by atoms with E-state index in [9.17, 15) is 9.59 Å². The number of amides is 2. The standard InChI is InChI=1S/C26H25N3O3S/c1-26(2,18-8-4-3-5-9-18)25(31)29-16-14-28(15-17-29)24(30)21-13-12-20(32-21)23-27-19-10-6-7-11-22(19)33-23/h3-13H,14-17H2,1-2H3. The van der Waals surface area contributed by atoms with E-state index >= 15 is 0 Å². The van der Waals surface area contributed by atoms with E-state index in [1.807, 2.05) is 73.3 Å². The van der Waals surface area contributed by atoms with Crippen LogP contribution in [-0.4, -0.2) is 52.8 Å². The molecule has 1 fully saturated rings. The molecular weight excluding hydrogens is 434 g/mol. The number of nitrogens with zero attached hydrogens (tertiary/aromatic N) is 3. The molecule has 0 unspecified atom stereocenters. The summed E-state index contributed by atoms with van der Waals surface area (Å²) in [5.41, 5.74) is 1.30. The van der Waals surface area contributed by atoms with Crippen LogP contribution in [0.25, 0.3) is 21.0 Å². The van der Waals surface area contributed by atoms with Crippen LogP contribution in [0.2, 0.25) is 0 Å². The van der Waals surface area contributed by atoms with Gasteiger partial charge in [-0.15, -0.1) is 11.3 Å². The first-order valence-electron chi connectivity index (χ1n) is 11.0. The van der Waals surface area contributed by atoms with Crippen molar-refractivity contribution in [3.8, 4) is 10.8 Å². The highest BCUT2D eigenvalue weighted by atomic mass is 32.1. The topological polar surface area (TPSA) is 66.7 Å². The van der Waals surface area contributed by atoms with Crippen LogP contribution in [0.5, 0.6) is 0 Å². The number of aromatic nitrogens is 1. The Bertz CT molecular complexity index is 1270. The molecule has 0 bridgehead atoms. The van der Waals surface area contributed by atoms with E-state index in [0.29, 0.717) is 37.7 Å². The van der Waals surface area contributed by atoms with Crippen molar-refractivity contribution in [2.45, 2.75) is 19.3 Å². The number of carbonyl (C=O) groups is 2. The van der Waals surface area contributed by atoms with E-state index < -0.39 is 5.41 Å². The predicted octanol–water partition coefficient (Wildman–Crippen LogP) is 4.82. The third kappa shape index (κ3) is 4.04. The summed E-state index contributed by atoms with van der Waals surface area (Å²) in [5, 5.41) is 0.758. The smallest absolute Gasteiger partial charge is 0.289 e. The Morgan fingerprint density at radius 3 is 2.27 bits per heavy atom. The predicted molar refractivity (Wildman–Crippen MR) is 129 cm³/mol. The van der Waals surface area contributed by atoms with Gasteiger partial charge in [0.15, 0.2) is 16.5 Å². The number of para-hydroxylation sites is 1. The SMILES string of the molecule is CC(C)(C(=O)N1CCN(C(=O)c2ccc(-c3nc4ccccc4s3)o2)CC1)c1ccccc1. The minimum absolute atomic E-state index is 0.0805. The molecule has 0 radical (unpaired) electrons. The highest BCUT2D eigenvalue weighted by Gasteiger charge is 2.36. The van der Waals surface area contributed by atoms with E-state index in [1.54, 1.807) is 28.4 Å². The molecule has 0 atom stereocenters. The van der Waals surface area contributed by atoms with E-state index in [4.69, 9.17) is 4.42 Å². The lowest BCUT2D eigenvalue weighted by Gasteiger charge is -2.38. The van der Waals surface area contributed by atoms with Crippen molar-refractivity contribution >= 4 is 33.4 Å². The summed E-state index contributed by atoms with van der Waals surface area (Å²) in [6.07, 6.45) is 0. The van der Waals surface area contributed by atoms with Crippen molar-refractivity contribution in [3.63, 3.8) is 0 Å². The second-order valence-electron chi connectivity index (χ2n) is 8.73. The van der Waals surface area contributed by atoms with Gasteiger partial charge in [-0.25, -0.2) is 4.98 Å². The van der Waals surface area contributed by atoms with Gasteiger partial charge in [0.1, 0.15) is 0 Å². The second kappa shape index (κ2) is 8.48. The largest absolute Gasteiger partial charge is 0.448 e. The van der Waals surface area contributed by atoms with Crippen molar-refractivity contribution < 1.29 is 14.0 Å². The fraction of sp³-hybridized carbons (Fsp3) is 0.269. The third-order valence-electron chi connectivity index (χ3n) is 6.21. The normalized spacial score (nSPS) is 14.6. The third-order valence-corrected chi connectivity index (χ3v) is 7.26. The number of benzene rings is 2. The molecule has 3 heterocycles. The molecule has 2 amide bonds. The minimum atomic E-state index is -0.611. The Balaban J connectivity index is 1.24. The van der Waals surface area contributed by atoms with Crippen molar-refractivity contribution in [1.29, 1.82) is 0 Å². The van der Waals surface area contributed by atoms with Crippen LogP contribution in [0.3, 0.4) is 0 Å². The van der Waals surface area contributed by atoms with Crippen molar-refractivity contribution in [1.82, 2.24) is 14.8 Å². The van der Waals surface area contributed by atoms with Crippen LogP contribution in [0.1, 0.15) is 30.0 Å². The van der Waals surface area contributed by atoms with Crippen molar-refractivity contribution in [2.24, 2.45) is 0 Å². The van der Waals surface area contributed by atoms with Gasteiger partial charge < -0.3 is 14.2 Å². The van der Waals surface area contributed by atoms with E-state index in [-0.39, 0.29) is 11.8 Å². The molecule has 1 saturated heterocycles. The number of piperazine rings is 1. The summed E-state index contributed by atoms with van der Waals surface area (Å²) < 4.78 is 6.96. The molecule has 168 valence electrons. The quantitative estimate of drug-likeness (QED) is 0.439. The molecular formula is C26H25N3O3S. The second-order valence-corrected chi connectivity index (χ2v) is 9.76. The van der Waals surface area contributed by atoms with Gasteiger partial charge in [-0.2, -0.15) is 0 Å². The highest BCUT2D eigenvalue weighted by molar-refractivity contribution is 7.21. The van der Waals surface area contributed by atoms with Gasteiger partial charge in [0.25, 0.3) is 5.91 Å². The minimum Gasteiger partial charge on any atom is -0.448 e. The lowest BCUT2D eigenvalue weighted by atomic mass is 9.83. The summed E-state index contributed by atoms with van der Waals surface area (Å²) in [4.78, 5) is 34.4. The summed E-state index contributed by atoms with van der Waals surface area (Å²) in [6.45, 7) is 5.88. The van der Waals surface area contributed by atoms with E-state index in [0.717, 1.165) is 20.8 Å². The van der Waals surface area contributed by atoms with Gasteiger partial charge in [0, 0.05) is 26.2 Å². The lowest BCUT2D eigenvalue weighted by molar-refractivity contribution is -0.137. The molecule has 2 aromatic heterocycles. The molecule has 0 aliphatic carbocycles. The average molecular weight is 460 g/mol. The molecule has 5 rings (SSSR count). The summed E-state index contributed by atoms with van der Waals surface area (Å²) in [7, 11) is 0. The first-order valence-corrected chi connectivity index (χ1v) is 11.8. The zero-order chi connectivity index (χ0) is 23.0. The Morgan fingerprint density at radius 1 is 0.879 bits per heavy atom. The molecule has 1 aliphatic heterocycles. The number of hydrogen-bond donors (Lipinski definition) is 0. The fourth-order valence-corrected chi connectivity index (χ4v) is 5.11. The maximum atomic E-state index is 13.2. The van der Waals surface area contributed by atoms with E-state index in [1.165, 1.54) is 0 Å². The van der Waals surface area contributed by atoms with Gasteiger partial charge in [-0.3, -0.25) is 9.59 Å². The van der Waals surface area contributed by atoms with Crippen molar-refractivity contribution in [3.05, 3.63) is 78.1 Å². The number of furan rings is 1. The van der Waals surface area contributed by atoms with E-state index in [2.05, 4.69) is 4.98 Å². The number of hydrogen-bond acceptors (Lipinski definition) is 5. The first kappa shape index (κ1) is 21.4. The van der Waals surface area contributed by atoms with Gasteiger partial charge >= 0.3 is 0 Å². The summed E-state index contributed by atoms with van der Waals surface area (Å²) in [5.74, 6) is 0.820. The Labute approximate surface area is 196 Å². The molecule has 2 aromatic carbocycles. The van der Waals surface area contributed by atoms with Crippen LogP contribution in [-0.2, 0) is 10.2 Å². The fourth-order valence-electron chi connectivity index (χ4n) is 4.19. The zero-order valence-electron chi connectivity index (χ0n) is 18.7. The van der Waals surface area contributed by atoms with Crippen LogP contribution in [0, 0.1) is 0 Å². The molecule has 0 saturated carbocycles. The maximum Gasteiger partial charge on any atom is 0.289 e. The molecule has 1 aliphatic rings. The molecule has 0 spiro atoms. The molecule has 7 heteroatoms. The van der Waals surface area contributed by atoms with Crippen LogP contribution < -0.4 is 0 Å². The molecule has 33 heavy (non-hydrogen) atoms. The van der Waals surface area contributed by atoms with Crippen LogP contribution in [0.15, 0.2) is 71.1 Å². The molecule has 6 nitrogen and oxygen atoms in total. The average Bonchev–Trinajstić information content (AvgIpc) is 3.51. The Hall–Kier alpha value is -3.45. The zero-order valence-corrected chi connectivity index (χ0v) is 19.5. The van der Waals surface area contributed by atoms with Crippen molar-refractivity contribution in [2.75, 3.05) is 26.2 Å². The maximum absolute atomic E-state index is 13.2. The Kier molecular flexibility index (Phi) is 5.50. The van der Waals surface area contributed by atoms with Gasteiger partial charge in [-0.05, 0) is 43.7 Å².